The fourth-order valence-electron chi connectivity index (χ4n) is 3.49. The van der Waals surface area contributed by atoms with E-state index in [9.17, 15) is 22.8 Å². The molecule has 9 heteroatoms. The van der Waals surface area contributed by atoms with Crippen LogP contribution in [0.25, 0.3) is 16.5 Å². The van der Waals surface area contributed by atoms with Crippen molar-refractivity contribution in [2.45, 2.75) is 19.0 Å². The second-order valence-electron chi connectivity index (χ2n) is 7.06. The highest BCUT2D eigenvalue weighted by molar-refractivity contribution is 6.02. The molecule has 2 aromatic carbocycles. The van der Waals surface area contributed by atoms with E-state index in [2.05, 4.69) is 10.4 Å². The smallest absolute Gasteiger partial charge is 0.381 e. The van der Waals surface area contributed by atoms with Crippen LogP contribution in [0.1, 0.15) is 18.4 Å². The number of benzene rings is 2. The highest BCUT2D eigenvalue weighted by atomic mass is 19.4. The topological polar surface area (TPSA) is 73.2 Å². The number of aromatic nitrogens is 2. The van der Waals surface area contributed by atoms with Crippen molar-refractivity contribution in [3.63, 3.8) is 0 Å². The van der Waals surface area contributed by atoms with Gasteiger partial charge in [-0.05, 0) is 37.1 Å². The van der Waals surface area contributed by atoms with Gasteiger partial charge in [-0.1, -0.05) is 18.2 Å². The van der Waals surface area contributed by atoms with E-state index in [0.717, 1.165) is 16.8 Å². The zero-order chi connectivity index (χ0) is 21.3. The molecule has 1 saturated heterocycles. The number of rotatable bonds is 3. The summed E-state index contributed by atoms with van der Waals surface area (Å²) < 4.78 is 45.3. The third-order valence-electron chi connectivity index (χ3n) is 5.08. The standard InChI is InChI=1S/C21H18F3N3O3/c22-21(23,24)15-4-2-5-16(11-15)27-20(29)18-14(12-25-27)3-1-6-17(18)26-19(28)13-7-9-30-10-8-13/h1-6,11-13H,7-10H2,(H,26,28). The van der Waals surface area contributed by atoms with Crippen LogP contribution < -0.4 is 10.9 Å². The first kappa shape index (κ1) is 20.1. The van der Waals surface area contributed by atoms with Crippen molar-refractivity contribution in [2.24, 2.45) is 5.92 Å². The molecule has 6 nitrogen and oxygen atoms in total. The maximum atomic E-state index is 13.1. The van der Waals surface area contributed by atoms with Crippen molar-refractivity contribution in [3.05, 3.63) is 64.6 Å². The third-order valence-corrected chi connectivity index (χ3v) is 5.08. The number of carbonyl (C=O) groups excluding carboxylic acids is 1. The molecule has 0 saturated carbocycles. The zero-order valence-electron chi connectivity index (χ0n) is 15.8. The average molecular weight is 417 g/mol. The maximum absolute atomic E-state index is 13.1. The zero-order valence-corrected chi connectivity index (χ0v) is 15.8. The van der Waals surface area contributed by atoms with Crippen molar-refractivity contribution in [1.82, 2.24) is 9.78 Å². The lowest BCUT2D eigenvalue weighted by Crippen LogP contribution is -2.29. The van der Waals surface area contributed by atoms with Crippen LogP contribution in [0.4, 0.5) is 18.9 Å². The Labute approximate surface area is 169 Å². The molecule has 30 heavy (non-hydrogen) atoms. The largest absolute Gasteiger partial charge is 0.416 e. The van der Waals surface area contributed by atoms with Crippen molar-refractivity contribution in [2.75, 3.05) is 18.5 Å². The first-order valence-electron chi connectivity index (χ1n) is 9.42. The highest BCUT2D eigenvalue weighted by Gasteiger charge is 2.30. The molecule has 4 rings (SSSR count). The Balaban J connectivity index is 1.76. The highest BCUT2D eigenvalue weighted by Crippen LogP contribution is 2.30. The van der Waals surface area contributed by atoms with Crippen molar-refractivity contribution < 1.29 is 22.7 Å². The van der Waals surface area contributed by atoms with Gasteiger partial charge in [0.1, 0.15) is 0 Å². The lowest BCUT2D eigenvalue weighted by molar-refractivity contribution is -0.137. The Morgan fingerprint density at radius 1 is 1.13 bits per heavy atom. The van der Waals surface area contributed by atoms with Crippen LogP contribution in [0.2, 0.25) is 0 Å². The summed E-state index contributed by atoms with van der Waals surface area (Å²) in [5.41, 5.74) is -1.20. The molecule has 1 amide bonds. The Hall–Kier alpha value is -3.20. The summed E-state index contributed by atoms with van der Waals surface area (Å²) in [6.07, 6.45) is -1.97. The molecular formula is C21H18F3N3O3. The minimum atomic E-state index is -4.54. The summed E-state index contributed by atoms with van der Waals surface area (Å²) in [6, 6.07) is 9.31. The summed E-state index contributed by atoms with van der Waals surface area (Å²) in [7, 11) is 0. The van der Waals surface area contributed by atoms with E-state index in [0.29, 0.717) is 37.1 Å². The molecule has 1 aliphatic heterocycles. The molecule has 156 valence electrons. The Morgan fingerprint density at radius 2 is 1.87 bits per heavy atom. The van der Waals surface area contributed by atoms with Gasteiger partial charge in [0.15, 0.2) is 0 Å². The molecule has 0 bridgehead atoms. The molecule has 0 radical (unpaired) electrons. The monoisotopic (exact) mass is 417 g/mol. The van der Waals surface area contributed by atoms with E-state index >= 15 is 0 Å². The quantitative estimate of drug-likeness (QED) is 0.704. The summed E-state index contributed by atoms with van der Waals surface area (Å²) in [5, 5.41) is 7.48. The Bertz CT molecular complexity index is 1150. The van der Waals surface area contributed by atoms with E-state index in [1.165, 1.54) is 18.3 Å². The van der Waals surface area contributed by atoms with Crippen LogP contribution in [0, 0.1) is 5.92 Å². The molecule has 1 aliphatic rings. The van der Waals surface area contributed by atoms with Gasteiger partial charge in [-0.3, -0.25) is 9.59 Å². The fourth-order valence-corrected chi connectivity index (χ4v) is 3.49. The Morgan fingerprint density at radius 3 is 2.60 bits per heavy atom. The van der Waals surface area contributed by atoms with Crippen LogP contribution in [-0.4, -0.2) is 28.9 Å². The summed E-state index contributed by atoms with van der Waals surface area (Å²) in [6.45, 7) is 1.000. The molecule has 3 aromatic rings. The molecule has 0 spiro atoms. The molecule has 1 aromatic heterocycles. The van der Waals surface area contributed by atoms with Gasteiger partial charge in [-0.2, -0.15) is 23.0 Å². The molecular weight excluding hydrogens is 399 g/mol. The van der Waals surface area contributed by atoms with Gasteiger partial charge in [-0.15, -0.1) is 0 Å². The molecule has 0 aliphatic carbocycles. The first-order valence-corrected chi connectivity index (χ1v) is 9.42. The lowest BCUT2D eigenvalue weighted by atomic mass is 9.99. The van der Waals surface area contributed by atoms with Crippen molar-refractivity contribution in [3.8, 4) is 5.69 Å². The van der Waals surface area contributed by atoms with Gasteiger partial charge >= 0.3 is 6.18 Å². The molecule has 1 fully saturated rings. The van der Waals surface area contributed by atoms with E-state index in [-0.39, 0.29) is 22.9 Å². The van der Waals surface area contributed by atoms with Crippen molar-refractivity contribution >= 4 is 22.4 Å². The van der Waals surface area contributed by atoms with E-state index < -0.39 is 17.3 Å². The van der Waals surface area contributed by atoms with Crippen molar-refractivity contribution in [1.29, 1.82) is 0 Å². The number of nitrogens with zero attached hydrogens (tertiary/aromatic N) is 2. The summed E-state index contributed by atoms with van der Waals surface area (Å²) in [5.74, 6) is -0.436. The number of hydrogen-bond donors (Lipinski definition) is 1. The number of carbonyl (C=O) groups is 1. The van der Waals surface area contributed by atoms with Gasteiger partial charge in [0, 0.05) is 24.5 Å². The van der Waals surface area contributed by atoms with Crippen LogP contribution >= 0.6 is 0 Å². The van der Waals surface area contributed by atoms with Gasteiger partial charge in [0.05, 0.1) is 28.5 Å². The first-order chi connectivity index (χ1) is 14.3. The van der Waals surface area contributed by atoms with Crippen LogP contribution in [0.5, 0.6) is 0 Å². The normalized spacial score (nSPS) is 15.3. The predicted molar refractivity (Wildman–Crippen MR) is 105 cm³/mol. The Kier molecular flexibility index (Phi) is 5.29. The number of halogens is 3. The van der Waals surface area contributed by atoms with Crippen LogP contribution in [0.3, 0.4) is 0 Å². The number of amides is 1. The number of hydrogen-bond acceptors (Lipinski definition) is 4. The number of nitrogens with one attached hydrogen (secondary N) is 1. The minimum Gasteiger partial charge on any atom is -0.381 e. The van der Waals surface area contributed by atoms with Gasteiger partial charge in [-0.25, -0.2) is 0 Å². The summed E-state index contributed by atoms with van der Waals surface area (Å²) in [4.78, 5) is 25.7. The molecule has 1 N–H and O–H groups in total. The van der Waals surface area contributed by atoms with Gasteiger partial charge in [0.2, 0.25) is 5.91 Å². The average Bonchev–Trinajstić information content (AvgIpc) is 2.74. The van der Waals surface area contributed by atoms with E-state index in [4.69, 9.17) is 4.74 Å². The fraction of sp³-hybridized carbons (Fsp3) is 0.286. The van der Waals surface area contributed by atoms with Gasteiger partial charge in [0.25, 0.3) is 5.56 Å². The number of fused-ring (bicyclic) bond motifs is 1. The van der Waals surface area contributed by atoms with Crippen LogP contribution in [-0.2, 0) is 15.7 Å². The van der Waals surface area contributed by atoms with E-state index in [1.54, 1.807) is 18.2 Å². The lowest BCUT2D eigenvalue weighted by Gasteiger charge is -2.21. The van der Waals surface area contributed by atoms with Gasteiger partial charge < -0.3 is 10.1 Å². The van der Waals surface area contributed by atoms with E-state index in [1.807, 2.05) is 0 Å². The minimum absolute atomic E-state index is 0.0118. The second kappa shape index (κ2) is 7.91. The molecule has 0 atom stereocenters. The SMILES string of the molecule is O=C(Nc1cccc2cnn(-c3cccc(C(F)(F)F)c3)c(=O)c12)C1CCOCC1. The number of ether oxygens (including phenoxy) is 1. The van der Waals surface area contributed by atoms with Crippen LogP contribution in [0.15, 0.2) is 53.5 Å². The number of alkyl halides is 3. The third kappa shape index (κ3) is 3.93. The molecule has 0 unspecified atom stereocenters. The maximum Gasteiger partial charge on any atom is 0.416 e. The predicted octanol–water partition coefficient (Wildman–Crippen LogP) is 3.77. The molecule has 2 heterocycles. The summed E-state index contributed by atoms with van der Waals surface area (Å²) >= 11 is 0. The number of anilines is 1. The second-order valence-corrected chi connectivity index (χ2v) is 7.06.